The molecule has 200 valence electrons. The number of carbonyl (C=O) groups is 3. The van der Waals surface area contributed by atoms with E-state index in [-0.39, 0.29) is 37.1 Å². The lowest BCUT2D eigenvalue weighted by Crippen LogP contribution is -2.48. The van der Waals surface area contributed by atoms with E-state index in [0.717, 1.165) is 24.9 Å². The topological polar surface area (TPSA) is 132 Å². The number of piperazine rings is 1. The van der Waals surface area contributed by atoms with Gasteiger partial charge in [0.15, 0.2) is 6.29 Å². The van der Waals surface area contributed by atoms with Crippen molar-refractivity contribution in [2.45, 2.75) is 32.2 Å². The first-order valence-corrected chi connectivity index (χ1v) is 12.8. The van der Waals surface area contributed by atoms with Crippen molar-refractivity contribution in [3.05, 3.63) is 46.8 Å². The number of hydrogen-bond donors (Lipinski definition) is 1. The Bertz CT molecular complexity index is 1220. The van der Waals surface area contributed by atoms with Gasteiger partial charge in [0.05, 0.1) is 25.3 Å². The predicted molar refractivity (Wildman–Crippen MR) is 141 cm³/mol. The van der Waals surface area contributed by atoms with Gasteiger partial charge in [0, 0.05) is 38.5 Å². The molecule has 2 aromatic heterocycles. The minimum absolute atomic E-state index is 0.00723. The summed E-state index contributed by atoms with van der Waals surface area (Å²) in [5, 5.41) is 12.2. The number of anilines is 2. The van der Waals surface area contributed by atoms with Crippen molar-refractivity contribution < 1.29 is 19.1 Å². The zero-order chi connectivity index (χ0) is 27.1. The summed E-state index contributed by atoms with van der Waals surface area (Å²) in [6.07, 6.45) is 6.34. The lowest BCUT2D eigenvalue weighted by Gasteiger charge is -2.32. The molecular formula is C27H33N7O4. The lowest BCUT2D eigenvalue weighted by atomic mass is 10.0. The minimum Gasteiger partial charge on any atom is -0.383 e. The smallest absolute Gasteiger partial charge is 0.328 e. The molecule has 3 amide bonds. The van der Waals surface area contributed by atoms with E-state index in [4.69, 9.17) is 4.74 Å². The van der Waals surface area contributed by atoms with Gasteiger partial charge in [-0.05, 0) is 43.5 Å². The van der Waals surface area contributed by atoms with Crippen LogP contribution in [0, 0.1) is 17.2 Å². The molecule has 2 fully saturated rings. The summed E-state index contributed by atoms with van der Waals surface area (Å²) in [6, 6.07) is 6.81. The normalized spacial score (nSPS) is 15.7. The quantitative estimate of drug-likeness (QED) is 0.448. The van der Waals surface area contributed by atoms with Crippen LogP contribution in [0.3, 0.4) is 0 Å². The number of nitrogens with one attached hydrogen (secondary N) is 1. The average molecular weight is 520 g/mol. The van der Waals surface area contributed by atoms with Gasteiger partial charge in [-0.1, -0.05) is 18.9 Å². The van der Waals surface area contributed by atoms with E-state index < -0.39 is 6.03 Å². The van der Waals surface area contributed by atoms with Crippen LogP contribution >= 0.6 is 0 Å². The van der Waals surface area contributed by atoms with Crippen molar-refractivity contribution in [1.29, 1.82) is 5.26 Å². The Hall–Kier alpha value is -3.88. The number of nitrogens with zero attached hydrogens (tertiary/aromatic N) is 6. The molecule has 11 heteroatoms. The molecule has 1 saturated carbocycles. The van der Waals surface area contributed by atoms with Gasteiger partial charge in [-0.3, -0.25) is 24.7 Å². The third-order valence-corrected chi connectivity index (χ3v) is 6.88. The molecule has 2 aromatic rings. The van der Waals surface area contributed by atoms with Crippen LogP contribution < -0.4 is 10.2 Å². The first-order chi connectivity index (χ1) is 18.4. The number of nitriles is 1. The molecule has 0 radical (unpaired) electrons. The van der Waals surface area contributed by atoms with E-state index in [1.165, 1.54) is 31.0 Å². The molecule has 3 heterocycles. The molecule has 0 aromatic carbocycles. The van der Waals surface area contributed by atoms with Crippen LogP contribution in [0.2, 0.25) is 0 Å². The number of ether oxygens (including phenoxy) is 1. The number of pyridine rings is 2. The SMILES string of the molecule is COCCN(C(=O)Nc1cc(CCC2CC2)c(C#N)cn1)c1ccc(CN2CCN(C)CC2=O)c(C=O)n1. The largest absolute Gasteiger partial charge is 0.383 e. The van der Waals surface area contributed by atoms with Gasteiger partial charge < -0.3 is 9.64 Å². The highest BCUT2D eigenvalue weighted by Gasteiger charge is 2.25. The molecule has 0 unspecified atom stereocenters. The highest BCUT2D eigenvalue weighted by atomic mass is 16.5. The number of rotatable bonds is 11. The second-order valence-corrected chi connectivity index (χ2v) is 9.78. The standard InChI is InChI=1S/C27H33N7O4/c1-32-9-10-33(26(36)17-32)16-21-7-8-25(30-23(21)18-35)34(11-12-38-2)27(37)31-24-13-20(6-5-19-3-4-19)22(14-28)15-29-24/h7-8,13,15,18-19H,3-6,9-12,16-17H2,1-2H3,(H,29,31,37). The van der Waals surface area contributed by atoms with Crippen molar-refractivity contribution in [2.24, 2.45) is 5.92 Å². The minimum atomic E-state index is -0.487. The van der Waals surface area contributed by atoms with E-state index in [1.807, 2.05) is 11.9 Å². The summed E-state index contributed by atoms with van der Waals surface area (Å²) in [5.74, 6) is 1.32. The van der Waals surface area contributed by atoms with Gasteiger partial charge >= 0.3 is 6.03 Å². The Kier molecular flexibility index (Phi) is 8.99. The summed E-state index contributed by atoms with van der Waals surface area (Å²) in [5.41, 5.74) is 2.15. The van der Waals surface area contributed by atoms with Crippen LogP contribution in [0.4, 0.5) is 16.4 Å². The molecule has 11 nitrogen and oxygen atoms in total. The number of likely N-dealkylation sites (N-methyl/N-ethyl adjacent to an activating group) is 1. The number of aldehydes is 1. The fourth-order valence-electron chi connectivity index (χ4n) is 4.40. The third-order valence-electron chi connectivity index (χ3n) is 6.88. The molecule has 2 aliphatic rings. The van der Waals surface area contributed by atoms with Crippen LogP contribution in [0.15, 0.2) is 24.4 Å². The fraction of sp³-hybridized carbons (Fsp3) is 0.481. The zero-order valence-electron chi connectivity index (χ0n) is 21.9. The maximum atomic E-state index is 13.3. The van der Waals surface area contributed by atoms with Crippen molar-refractivity contribution in [3.63, 3.8) is 0 Å². The van der Waals surface area contributed by atoms with Crippen LogP contribution in [-0.4, -0.2) is 84.9 Å². The summed E-state index contributed by atoms with van der Waals surface area (Å²) in [6.45, 7) is 2.36. The predicted octanol–water partition coefficient (Wildman–Crippen LogP) is 2.46. The van der Waals surface area contributed by atoms with Gasteiger partial charge in [0.2, 0.25) is 5.91 Å². The molecule has 0 bridgehead atoms. The first kappa shape index (κ1) is 27.2. The van der Waals surface area contributed by atoms with Crippen molar-refractivity contribution in [1.82, 2.24) is 19.8 Å². The highest BCUT2D eigenvalue weighted by Crippen LogP contribution is 2.34. The Balaban J connectivity index is 1.51. The van der Waals surface area contributed by atoms with Crippen molar-refractivity contribution >= 4 is 29.9 Å². The number of carbonyl (C=O) groups excluding carboxylic acids is 3. The van der Waals surface area contributed by atoms with Crippen LogP contribution in [-0.2, 0) is 22.5 Å². The summed E-state index contributed by atoms with van der Waals surface area (Å²) in [7, 11) is 3.43. The number of urea groups is 1. The van der Waals surface area contributed by atoms with E-state index in [9.17, 15) is 19.6 Å². The second kappa shape index (κ2) is 12.6. The first-order valence-electron chi connectivity index (χ1n) is 12.8. The lowest BCUT2D eigenvalue weighted by molar-refractivity contribution is -0.136. The summed E-state index contributed by atoms with van der Waals surface area (Å²) < 4.78 is 5.19. The van der Waals surface area contributed by atoms with Crippen LogP contribution in [0.1, 0.15) is 46.4 Å². The van der Waals surface area contributed by atoms with Gasteiger partial charge in [-0.15, -0.1) is 0 Å². The van der Waals surface area contributed by atoms with Crippen LogP contribution in [0.5, 0.6) is 0 Å². The van der Waals surface area contributed by atoms with Gasteiger partial charge in [-0.2, -0.15) is 5.26 Å². The average Bonchev–Trinajstić information content (AvgIpc) is 3.74. The Morgan fingerprint density at radius 1 is 1.32 bits per heavy atom. The molecule has 4 rings (SSSR count). The maximum Gasteiger partial charge on any atom is 0.328 e. The Morgan fingerprint density at radius 2 is 2.13 bits per heavy atom. The van der Waals surface area contributed by atoms with Crippen LogP contribution in [0.25, 0.3) is 0 Å². The summed E-state index contributed by atoms with van der Waals surface area (Å²) in [4.78, 5) is 51.3. The zero-order valence-corrected chi connectivity index (χ0v) is 21.9. The van der Waals surface area contributed by atoms with E-state index in [1.54, 1.807) is 23.1 Å². The van der Waals surface area contributed by atoms with E-state index in [2.05, 4.69) is 21.4 Å². The van der Waals surface area contributed by atoms with Crippen molar-refractivity contribution in [3.8, 4) is 6.07 Å². The number of methoxy groups -OCH3 is 1. The molecule has 1 aliphatic carbocycles. The molecular weight excluding hydrogens is 486 g/mol. The Labute approximate surface area is 222 Å². The molecule has 38 heavy (non-hydrogen) atoms. The monoisotopic (exact) mass is 519 g/mol. The summed E-state index contributed by atoms with van der Waals surface area (Å²) >= 11 is 0. The molecule has 1 saturated heterocycles. The second-order valence-electron chi connectivity index (χ2n) is 9.78. The van der Waals surface area contributed by atoms with Gasteiger partial charge in [-0.25, -0.2) is 14.8 Å². The molecule has 0 atom stereocenters. The number of hydrogen-bond acceptors (Lipinski definition) is 8. The molecule has 1 aliphatic heterocycles. The number of amides is 3. The van der Waals surface area contributed by atoms with Gasteiger partial charge in [0.1, 0.15) is 23.4 Å². The molecule has 1 N–H and O–H groups in total. The number of aromatic nitrogens is 2. The van der Waals surface area contributed by atoms with E-state index >= 15 is 0 Å². The highest BCUT2D eigenvalue weighted by molar-refractivity contribution is 6.00. The fourth-order valence-corrected chi connectivity index (χ4v) is 4.40. The van der Waals surface area contributed by atoms with E-state index in [0.29, 0.717) is 42.2 Å². The Morgan fingerprint density at radius 3 is 2.82 bits per heavy atom. The maximum absolute atomic E-state index is 13.3. The third kappa shape index (κ3) is 6.90. The van der Waals surface area contributed by atoms with Gasteiger partial charge in [0.25, 0.3) is 0 Å². The van der Waals surface area contributed by atoms with Crippen molar-refractivity contribution in [2.75, 3.05) is 57.2 Å². The number of aryl methyl sites for hydroxylation is 1. The molecule has 0 spiro atoms.